The molecule has 0 radical (unpaired) electrons. The van der Waals surface area contributed by atoms with Gasteiger partial charge in [0, 0.05) is 10.9 Å². The highest BCUT2D eigenvalue weighted by Crippen LogP contribution is 2.31. The van der Waals surface area contributed by atoms with Crippen LogP contribution < -0.4 is 16.6 Å². The minimum atomic E-state index is -0.352. The summed E-state index contributed by atoms with van der Waals surface area (Å²) in [6.07, 6.45) is 0.139. The molecule has 1 aromatic carbocycles. The van der Waals surface area contributed by atoms with Crippen LogP contribution in [-0.4, -0.2) is 20.9 Å². The number of amides is 1. The van der Waals surface area contributed by atoms with Crippen LogP contribution in [-0.2, 0) is 11.2 Å². The van der Waals surface area contributed by atoms with E-state index in [-0.39, 0.29) is 24.1 Å². The zero-order valence-electron chi connectivity index (χ0n) is 13.6. The van der Waals surface area contributed by atoms with Gasteiger partial charge in [-0.15, -0.1) is 11.3 Å². The lowest BCUT2D eigenvalue weighted by atomic mass is 10.1. The molecule has 2 aromatic heterocycles. The van der Waals surface area contributed by atoms with E-state index in [0.29, 0.717) is 27.2 Å². The van der Waals surface area contributed by atoms with Gasteiger partial charge < -0.3 is 5.73 Å². The number of anilines is 2. The molecular weight excluding hydrogens is 423 g/mol. The van der Waals surface area contributed by atoms with Gasteiger partial charge >= 0.3 is 0 Å². The molecule has 1 amide bonds. The number of carbonyl (C=O) groups excluding carboxylic acids is 1. The second-order valence-electron chi connectivity index (χ2n) is 5.31. The lowest BCUT2D eigenvalue weighted by molar-refractivity contribution is -0.120. The number of carbonyl (C=O) groups is 1. The van der Waals surface area contributed by atoms with Gasteiger partial charge in [0.2, 0.25) is 11.9 Å². The lowest BCUT2D eigenvalue weighted by Gasteiger charge is -2.12. The van der Waals surface area contributed by atoms with Gasteiger partial charge in [0.05, 0.1) is 27.3 Å². The summed E-state index contributed by atoms with van der Waals surface area (Å²) in [7, 11) is 0. The molecule has 0 spiro atoms. The van der Waals surface area contributed by atoms with Crippen LogP contribution in [0.1, 0.15) is 10.7 Å². The predicted molar refractivity (Wildman–Crippen MR) is 102 cm³/mol. The van der Waals surface area contributed by atoms with E-state index in [2.05, 4.69) is 41.7 Å². The molecule has 26 heavy (non-hydrogen) atoms. The van der Waals surface area contributed by atoms with Crippen LogP contribution in [0.25, 0.3) is 11.3 Å². The first-order valence-electron chi connectivity index (χ1n) is 7.47. The molecule has 10 heteroatoms. The summed E-state index contributed by atoms with van der Waals surface area (Å²) in [5.41, 5.74) is 12.9. The SMILES string of the molecule is Cc1nc(CC(=O)NNc2nc(N)nc(-c3ccc(F)cc3)c2Br)cs1. The molecule has 134 valence electrons. The van der Waals surface area contributed by atoms with Gasteiger partial charge in [-0.2, -0.15) is 4.98 Å². The molecule has 0 fully saturated rings. The van der Waals surface area contributed by atoms with Crippen molar-refractivity contribution in [2.24, 2.45) is 0 Å². The first kappa shape index (κ1) is 18.2. The molecule has 3 rings (SSSR count). The molecule has 0 aliphatic heterocycles. The standard InChI is InChI=1S/C16H14BrFN6OS/c1-8-20-11(7-26-8)6-12(25)23-24-15-13(17)14(21-16(19)22-15)9-2-4-10(18)5-3-9/h2-5,7H,6H2,1H3,(H,23,25)(H3,19,21,22,24). The van der Waals surface area contributed by atoms with Gasteiger partial charge in [0.25, 0.3) is 0 Å². The Balaban J connectivity index is 1.75. The van der Waals surface area contributed by atoms with Crippen molar-refractivity contribution >= 4 is 44.9 Å². The minimum absolute atomic E-state index is 0.0133. The van der Waals surface area contributed by atoms with Gasteiger partial charge in [-0.05, 0) is 47.1 Å². The number of aryl methyl sites for hydroxylation is 1. The highest BCUT2D eigenvalue weighted by Gasteiger charge is 2.14. The third-order valence-electron chi connectivity index (χ3n) is 3.31. The normalized spacial score (nSPS) is 10.6. The number of halogens is 2. The summed E-state index contributed by atoms with van der Waals surface area (Å²) in [6.45, 7) is 1.88. The predicted octanol–water partition coefficient (Wildman–Crippen LogP) is 3.08. The quantitative estimate of drug-likeness (QED) is 0.530. The van der Waals surface area contributed by atoms with Crippen molar-refractivity contribution in [1.82, 2.24) is 20.4 Å². The van der Waals surface area contributed by atoms with E-state index >= 15 is 0 Å². The van der Waals surface area contributed by atoms with Crippen molar-refractivity contribution in [2.45, 2.75) is 13.3 Å². The molecule has 4 N–H and O–H groups in total. The van der Waals surface area contributed by atoms with Crippen LogP contribution in [0.2, 0.25) is 0 Å². The van der Waals surface area contributed by atoms with Crippen LogP contribution in [0.3, 0.4) is 0 Å². The van der Waals surface area contributed by atoms with E-state index < -0.39 is 0 Å². The molecular formula is C16H14BrFN6OS. The first-order valence-corrected chi connectivity index (χ1v) is 9.14. The van der Waals surface area contributed by atoms with Crippen LogP contribution in [0.15, 0.2) is 34.1 Å². The maximum absolute atomic E-state index is 13.1. The molecule has 0 atom stereocenters. The Bertz CT molecular complexity index is 946. The minimum Gasteiger partial charge on any atom is -0.368 e. The number of aromatic nitrogens is 3. The zero-order chi connectivity index (χ0) is 18.7. The van der Waals surface area contributed by atoms with E-state index in [0.717, 1.165) is 5.01 Å². The van der Waals surface area contributed by atoms with E-state index in [1.165, 1.54) is 23.5 Å². The average Bonchev–Trinajstić information content (AvgIpc) is 3.01. The average molecular weight is 437 g/mol. The number of thiazole rings is 1. The zero-order valence-corrected chi connectivity index (χ0v) is 16.0. The van der Waals surface area contributed by atoms with Crippen molar-refractivity contribution in [1.29, 1.82) is 0 Å². The second kappa shape index (κ2) is 7.75. The van der Waals surface area contributed by atoms with Gasteiger partial charge in [-0.1, -0.05) is 0 Å². The molecule has 0 unspecified atom stereocenters. The number of hydrazine groups is 1. The molecule has 0 saturated heterocycles. The van der Waals surface area contributed by atoms with E-state index in [4.69, 9.17) is 5.73 Å². The van der Waals surface area contributed by atoms with Gasteiger partial charge in [0.1, 0.15) is 5.82 Å². The van der Waals surface area contributed by atoms with Crippen molar-refractivity contribution in [3.63, 3.8) is 0 Å². The first-order chi connectivity index (χ1) is 12.4. The van der Waals surface area contributed by atoms with Crippen LogP contribution in [0.5, 0.6) is 0 Å². The molecule has 0 aliphatic carbocycles. The smallest absolute Gasteiger partial charge is 0.244 e. The molecule has 0 bridgehead atoms. The molecule has 2 heterocycles. The number of nitrogen functional groups attached to an aromatic ring is 1. The Morgan fingerprint density at radius 2 is 2.00 bits per heavy atom. The van der Waals surface area contributed by atoms with Crippen LogP contribution in [0.4, 0.5) is 16.2 Å². The lowest BCUT2D eigenvalue weighted by Crippen LogP contribution is -2.31. The Morgan fingerprint density at radius 3 is 2.65 bits per heavy atom. The highest BCUT2D eigenvalue weighted by atomic mass is 79.9. The molecule has 7 nitrogen and oxygen atoms in total. The summed E-state index contributed by atoms with van der Waals surface area (Å²) in [6, 6.07) is 5.80. The summed E-state index contributed by atoms with van der Waals surface area (Å²) >= 11 is 4.88. The van der Waals surface area contributed by atoms with Crippen LogP contribution >= 0.6 is 27.3 Å². The third kappa shape index (κ3) is 4.33. The van der Waals surface area contributed by atoms with Crippen molar-refractivity contribution in [2.75, 3.05) is 11.2 Å². The van der Waals surface area contributed by atoms with Gasteiger partial charge in [-0.3, -0.25) is 15.6 Å². The maximum atomic E-state index is 13.1. The second-order valence-corrected chi connectivity index (χ2v) is 7.16. The van der Waals surface area contributed by atoms with Crippen molar-refractivity contribution in [3.8, 4) is 11.3 Å². The Morgan fingerprint density at radius 1 is 1.27 bits per heavy atom. The monoisotopic (exact) mass is 436 g/mol. The molecule has 3 aromatic rings. The fourth-order valence-electron chi connectivity index (χ4n) is 2.17. The third-order valence-corrected chi connectivity index (χ3v) is 4.89. The fourth-order valence-corrected chi connectivity index (χ4v) is 3.29. The Labute approximate surface area is 161 Å². The number of rotatable bonds is 5. The van der Waals surface area contributed by atoms with E-state index in [1.54, 1.807) is 12.1 Å². The molecule has 0 saturated carbocycles. The number of benzene rings is 1. The number of hydrogen-bond donors (Lipinski definition) is 3. The van der Waals surface area contributed by atoms with Crippen molar-refractivity contribution < 1.29 is 9.18 Å². The summed E-state index contributed by atoms with van der Waals surface area (Å²) in [5.74, 6) is -0.323. The van der Waals surface area contributed by atoms with E-state index in [1.807, 2.05) is 12.3 Å². The fraction of sp³-hybridized carbons (Fsp3) is 0.125. The van der Waals surface area contributed by atoms with Crippen LogP contribution in [0, 0.1) is 12.7 Å². The van der Waals surface area contributed by atoms with Crippen molar-refractivity contribution in [3.05, 3.63) is 50.6 Å². The number of hydrogen-bond acceptors (Lipinski definition) is 7. The number of nitrogens with zero attached hydrogens (tertiary/aromatic N) is 3. The number of nitrogens with one attached hydrogen (secondary N) is 2. The largest absolute Gasteiger partial charge is 0.368 e. The number of nitrogens with two attached hydrogens (primary N) is 1. The summed E-state index contributed by atoms with van der Waals surface area (Å²) in [4.78, 5) is 24.5. The maximum Gasteiger partial charge on any atom is 0.244 e. The Kier molecular flexibility index (Phi) is 5.43. The van der Waals surface area contributed by atoms with Gasteiger partial charge in [-0.25, -0.2) is 14.4 Å². The highest BCUT2D eigenvalue weighted by molar-refractivity contribution is 9.10. The topological polar surface area (TPSA) is 106 Å². The Hall–Kier alpha value is -2.59. The van der Waals surface area contributed by atoms with E-state index in [9.17, 15) is 9.18 Å². The van der Waals surface area contributed by atoms with Gasteiger partial charge in [0.15, 0.2) is 5.82 Å². The summed E-state index contributed by atoms with van der Waals surface area (Å²) < 4.78 is 13.6. The summed E-state index contributed by atoms with van der Waals surface area (Å²) in [5, 5.41) is 2.73. The molecule has 0 aliphatic rings.